The van der Waals surface area contributed by atoms with Crippen LogP contribution in [0.1, 0.15) is 11.1 Å². The lowest BCUT2D eigenvalue weighted by Crippen LogP contribution is -1.96. The van der Waals surface area contributed by atoms with E-state index in [1.807, 2.05) is 12.3 Å². The molecule has 0 bridgehead atoms. The zero-order chi connectivity index (χ0) is 22.8. The van der Waals surface area contributed by atoms with Crippen LogP contribution in [0.2, 0.25) is 0 Å². The second-order valence-electron chi connectivity index (χ2n) is 8.95. The summed E-state index contributed by atoms with van der Waals surface area (Å²) in [5.74, 6) is 0. The van der Waals surface area contributed by atoms with Crippen LogP contribution < -0.4 is 0 Å². The molecule has 34 heavy (non-hydrogen) atoms. The molecule has 0 aliphatic heterocycles. The van der Waals surface area contributed by atoms with E-state index in [1.165, 1.54) is 11.1 Å². The normalized spacial score (nSPS) is 11.8. The summed E-state index contributed by atoms with van der Waals surface area (Å²) in [4.78, 5) is 10.0. The molecule has 0 amide bonds. The molecule has 7 rings (SSSR count). The summed E-state index contributed by atoms with van der Waals surface area (Å²) in [5, 5.41) is 1.15. The van der Waals surface area contributed by atoms with Gasteiger partial charge in [0, 0.05) is 23.0 Å². The summed E-state index contributed by atoms with van der Waals surface area (Å²) in [6.07, 6.45) is 1.85. The van der Waals surface area contributed by atoms with Gasteiger partial charge in [-0.25, -0.2) is 4.98 Å². The highest BCUT2D eigenvalue weighted by molar-refractivity contribution is 6.14. The zero-order valence-corrected chi connectivity index (χ0v) is 19.0. The molecular formula is C30H22N4. The lowest BCUT2D eigenvalue weighted by atomic mass is 10.2. The van der Waals surface area contributed by atoms with Crippen LogP contribution in [0.3, 0.4) is 0 Å². The van der Waals surface area contributed by atoms with Crippen molar-refractivity contribution < 1.29 is 0 Å². The van der Waals surface area contributed by atoms with Gasteiger partial charge in [-0.3, -0.25) is 4.98 Å². The van der Waals surface area contributed by atoms with Crippen molar-refractivity contribution in [2.24, 2.45) is 0 Å². The highest BCUT2D eigenvalue weighted by Gasteiger charge is 2.19. The van der Waals surface area contributed by atoms with Crippen molar-refractivity contribution >= 4 is 44.0 Å². The number of benzene rings is 3. The summed E-state index contributed by atoms with van der Waals surface area (Å²) in [6.45, 7) is 4.23. The third-order valence-electron chi connectivity index (χ3n) is 6.70. The van der Waals surface area contributed by atoms with Crippen molar-refractivity contribution in [3.8, 4) is 11.4 Å². The van der Waals surface area contributed by atoms with Crippen molar-refractivity contribution in [3.05, 3.63) is 108 Å². The smallest absolute Gasteiger partial charge is 0.116 e. The fourth-order valence-corrected chi connectivity index (χ4v) is 5.04. The lowest BCUT2D eigenvalue weighted by molar-refractivity contribution is 1.15. The molecule has 0 atom stereocenters. The maximum Gasteiger partial charge on any atom is 0.116 e. The van der Waals surface area contributed by atoms with Crippen LogP contribution in [0.5, 0.6) is 0 Å². The Morgan fingerprint density at radius 3 is 1.82 bits per heavy atom. The van der Waals surface area contributed by atoms with Crippen LogP contribution in [0.25, 0.3) is 55.4 Å². The van der Waals surface area contributed by atoms with Crippen molar-refractivity contribution in [1.82, 2.24) is 19.1 Å². The van der Waals surface area contributed by atoms with Gasteiger partial charge in [0.15, 0.2) is 0 Å². The van der Waals surface area contributed by atoms with Gasteiger partial charge >= 0.3 is 0 Å². The molecule has 4 heterocycles. The zero-order valence-electron chi connectivity index (χ0n) is 19.0. The minimum atomic E-state index is 0.923. The number of hydrogen-bond acceptors (Lipinski definition) is 2. The van der Waals surface area contributed by atoms with Crippen LogP contribution in [-0.2, 0) is 0 Å². The molecular weight excluding hydrogens is 416 g/mol. The summed E-state index contributed by atoms with van der Waals surface area (Å²) in [6, 6.07) is 32.2. The van der Waals surface area contributed by atoms with E-state index >= 15 is 0 Å². The van der Waals surface area contributed by atoms with Gasteiger partial charge in [0.05, 0.1) is 27.6 Å². The number of fused-ring (bicyclic) bond motifs is 6. The monoisotopic (exact) mass is 438 g/mol. The Bertz CT molecular complexity index is 1720. The quantitative estimate of drug-likeness (QED) is 0.284. The highest BCUT2D eigenvalue weighted by Crippen LogP contribution is 2.36. The SMILES string of the molecule is Cc1ccc(-n2c3ccccc3c3nc4c5ncccc5n(-c5ccc(C)cc5)c4cc32)cc1. The van der Waals surface area contributed by atoms with E-state index in [1.54, 1.807) is 0 Å². The van der Waals surface area contributed by atoms with Gasteiger partial charge in [0.25, 0.3) is 0 Å². The summed E-state index contributed by atoms with van der Waals surface area (Å²) in [7, 11) is 0. The molecule has 0 saturated heterocycles. The van der Waals surface area contributed by atoms with Gasteiger partial charge < -0.3 is 9.13 Å². The molecule has 3 aromatic carbocycles. The molecule has 0 spiro atoms. The first-order chi connectivity index (χ1) is 16.7. The van der Waals surface area contributed by atoms with E-state index < -0.39 is 0 Å². The number of rotatable bonds is 2. The second-order valence-corrected chi connectivity index (χ2v) is 8.95. The Kier molecular flexibility index (Phi) is 3.94. The van der Waals surface area contributed by atoms with Gasteiger partial charge in [-0.05, 0) is 62.4 Å². The minimum absolute atomic E-state index is 0.923. The molecule has 162 valence electrons. The van der Waals surface area contributed by atoms with E-state index in [-0.39, 0.29) is 0 Å². The molecule has 4 heteroatoms. The first-order valence-electron chi connectivity index (χ1n) is 11.5. The van der Waals surface area contributed by atoms with Gasteiger partial charge in [0.1, 0.15) is 11.0 Å². The van der Waals surface area contributed by atoms with Crippen LogP contribution in [-0.4, -0.2) is 19.1 Å². The van der Waals surface area contributed by atoms with Gasteiger partial charge in [-0.2, -0.15) is 0 Å². The molecule has 0 fully saturated rings. The average Bonchev–Trinajstić information content (AvgIpc) is 3.36. The molecule has 0 aliphatic carbocycles. The standard InChI is InChI=1S/C30H22N4/c1-19-9-13-21(14-10-19)33-24-7-4-3-6-23(24)28-26(33)18-27-30(32-28)29-25(8-5-17-31-29)34(27)22-15-11-20(2)12-16-22/h3-18H,1-2H3. The fraction of sp³-hybridized carbons (Fsp3) is 0.0667. The number of aryl methyl sites for hydroxylation is 2. The van der Waals surface area contributed by atoms with Gasteiger partial charge in [-0.1, -0.05) is 53.6 Å². The largest absolute Gasteiger partial charge is 0.308 e. The Hall–Kier alpha value is -4.44. The molecule has 0 saturated carbocycles. The number of pyridine rings is 2. The molecule has 0 radical (unpaired) electrons. The summed E-state index contributed by atoms with van der Waals surface area (Å²) >= 11 is 0. The molecule has 0 N–H and O–H groups in total. The topological polar surface area (TPSA) is 35.6 Å². The Balaban J connectivity index is 1.67. The Morgan fingerprint density at radius 1 is 0.529 bits per heavy atom. The molecule has 4 aromatic heterocycles. The van der Waals surface area contributed by atoms with Crippen molar-refractivity contribution in [2.75, 3.05) is 0 Å². The first-order valence-corrected chi connectivity index (χ1v) is 11.5. The summed E-state index contributed by atoms with van der Waals surface area (Å²) in [5.41, 5.74) is 11.9. The number of para-hydroxylation sites is 1. The van der Waals surface area contributed by atoms with Gasteiger partial charge in [-0.15, -0.1) is 0 Å². The predicted molar refractivity (Wildman–Crippen MR) is 140 cm³/mol. The van der Waals surface area contributed by atoms with Crippen LogP contribution in [0.4, 0.5) is 0 Å². The molecule has 7 aromatic rings. The molecule has 0 unspecified atom stereocenters. The third kappa shape index (κ3) is 2.66. The van der Waals surface area contributed by atoms with E-state index in [0.717, 1.165) is 55.4 Å². The van der Waals surface area contributed by atoms with Crippen LogP contribution >= 0.6 is 0 Å². The van der Waals surface area contributed by atoms with E-state index in [4.69, 9.17) is 9.97 Å². The Morgan fingerprint density at radius 2 is 1.12 bits per heavy atom. The lowest BCUT2D eigenvalue weighted by Gasteiger charge is -2.10. The van der Waals surface area contributed by atoms with Crippen molar-refractivity contribution in [3.63, 3.8) is 0 Å². The van der Waals surface area contributed by atoms with Crippen LogP contribution in [0, 0.1) is 13.8 Å². The van der Waals surface area contributed by atoms with Crippen LogP contribution in [0.15, 0.2) is 97.2 Å². The van der Waals surface area contributed by atoms with Crippen molar-refractivity contribution in [2.45, 2.75) is 13.8 Å². The maximum absolute atomic E-state index is 5.26. The predicted octanol–water partition coefficient (Wildman–Crippen LogP) is 7.29. The number of aromatic nitrogens is 4. The summed E-state index contributed by atoms with van der Waals surface area (Å²) < 4.78 is 4.60. The average molecular weight is 439 g/mol. The van der Waals surface area contributed by atoms with E-state index in [2.05, 4.69) is 108 Å². The minimum Gasteiger partial charge on any atom is -0.308 e. The second kappa shape index (κ2) is 7.03. The fourth-order valence-electron chi connectivity index (χ4n) is 5.04. The maximum atomic E-state index is 5.26. The van der Waals surface area contributed by atoms with E-state index in [9.17, 15) is 0 Å². The number of hydrogen-bond donors (Lipinski definition) is 0. The van der Waals surface area contributed by atoms with E-state index in [0.29, 0.717) is 0 Å². The number of nitrogens with zero attached hydrogens (tertiary/aromatic N) is 4. The molecule has 0 aliphatic rings. The third-order valence-corrected chi connectivity index (χ3v) is 6.70. The van der Waals surface area contributed by atoms with Gasteiger partial charge in [0.2, 0.25) is 0 Å². The first kappa shape index (κ1) is 19.1. The highest BCUT2D eigenvalue weighted by atomic mass is 15.0. The molecule has 4 nitrogen and oxygen atoms in total. The van der Waals surface area contributed by atoms with Crippen molar-refractivity contribution in [1.29, 1.82) is 0 Å². The Labute approximate surface area is 196 Å².